The first-order chi connectivity index (χ1) is 10.7. The van der Waals surface area contributed by atoms with Crippen LogP contribution < -0.4 is 16.2 Å². The van der Waals surface area contributed by atoms with Crippen LogP contribution in [0.2, 0.25) is 0 Å². The molecule has 2 aromatic heterocycles. The molecule has 8 nitrogen and oxygen atoms in total. The second-order valence-corrected chi connectivity index (χ2v) is 5.61. The molecule has 0 saturated carbocycles. The van der Waals surface area contributed by atoms with Gasteiger partial charge in [0, 0.05) is 37.0 Å². The molecule has 0 bridgehead atoms. The van der Waals surface area contributed by atoms with Gasteiger partial charge in [0.05, 0.1) is 12.2 Å². The zero-order valence-corrected chi connectivity index (χ0v) is 12.7. The molecule has 1 atom stereocenters. The van der Waals surface area contributed by atoms with Crippen molar-refractivity contribution in [2.24, 2.45) is 0 Å². The predicted molar refractivity (Wildman–Crippen MR) is 83.0 cm³/mol. The summed E-state index contributed by atoms with van der Waals surface area (Å²) in [5.41, 5.74) is 1.59. The molecule has 0 unspecified atom stereocenters. The Morgan fingerprint density at radius 2 is 2.41 bits per heavy atom. The lowest BCUT2D eigenvalue weighted by Gasteiger charge is -2.20. The summed E-state index contributed by atoms with van der Waals surface area (Å²) in [6.07, 6.45) is 4.36. The van der Waals surface area contributed by atoms with Crippen molar-refractivity contribution in [1.29, 1.82) is 0 Å². The molecule has 8 heteroatoms. The van der Waals surface area contributed by atoms with E-state index in [0.717, 1.165) is 18.8 Å². The van der Waals surface area contributed by atoms with Crippen LogP contribution in [-0.4, -0.2) is 44.6 Å². The van der Waals surface area contributed by atoms with Crippen molar-refractivity contribution in [2.45, 2.75) is 32.2 Å². The van der Waals surface area contributed by atoms with Gasteiger partial charge in [-0.3, -0.25) is 14.5 Å². The highest BCUT2D eigenvalue weighted by Crippen LogP contribution is 2.20. The average Bonchev–Trinajstić information content (AvgIpc) is 2.96. The number of hydrogen-bond acceptors (Lipinski definition) is 6. The molecule has 22 heavy (non-hydrogen) atoms. The van der Waals surface area contributed by atoms with Crippen molar-refractivity contribution in [1.82, 2.24) is 30.3 Å². The zero-order chi connectivity index (χ0) is 15.4. The van der Waals surface area contributed by atoms with E-state index in [1.807, 2.05) is 10.9 Å². The Kier molecular flexibility index (Phi) is 4.47. The maximum atomic E-state index is 11.4. The van der Waals surface area contributed by atoms with Crippen molar-refractivity contribution < 1.29 is 0 Å². The maximum Gasteiger partial charge on any atom is 0.252 e. The Labute approximate surface area is 128 Å². The van der Waals surface area contributed by atoms with Crippen LogP contribution in [0.15, 0.2) is 17.1 Å². The smallest absolute Gasteiger partial charge is 0.252 e. The van der Waals surface area contributed by atoms with Crippen LogP contribution in [0.5, 0.6) is 0 Å². The van der Waals surface area contributed by atoms with Crippen molar-refractivity contribution >= 4 is 5.95 Å². The lowest BCUT2D eigenvalue weighted by Crippen LogP contribution is -2.28. The van der Waals surface area contributed by atoms with Gasteiger partial charge in [-0.15, -0.1) is 5.10 Å². The van der Waals surface area contributed by atoms with Gasteiger partial charge >= 0.3 is 0 Å². The molecule has 2 aromatic rings. The van der Waals surface area contributed by atoms with Crippen LogP contribution in [0.4, 0.5) is 5.95 Å². The Bertz CT molecular complexity index is 672. The number of hydrogen-bond donors (Lipinski definition) is 3. The van der Waals surface area contributed by atoms with E-state index in [2.05, 4.69) is 30.9 Å². The van der Waals surface area contributed by atoms with Gasteiger partial charge in [0.2, 0.25) is 5.95 Å². The third-order valence-electron chi connectivity index (χ3n) is 3.77. The Morgan fingerprint density at radius 1 is 1.50 bits per heavy atom. The van der Waals surface area contributed by atoms with E-state index < -0.39 is 0 Å². The number of piperidine rings is 1. The monoisotopic (exact) mass is 303 g/mol. The van der Waals surface area contributed by atoms with Crippen LogP contribution in [0.25, 0.3) is 0 Å². The molecule has 0 spiro atoms. The fourth-order valence-corrected chi connectivity index (χ4v) is 2.67. The number of rotatable bonds is 5. The van der Waals surface area contributed by atoms with Crippen LogP contribution in [0.3, 0.4) is 0 Å². The highest BCUT2D eigenvalue weighted by molar-refractivity contribution is 5.24. The quantitative estimate of drug-likeness (QED) is 0.732. The molecule has 118 valence electrons. The number of nitrogens with zero attached hydrogens (tertiary/aromatic N) is 4. The van der Waals surface area contributed by atoms with Crippen LogP contribution in [-0.2, 0) is 6.54 Å². The van der Waals surface area contributed by atoms with E-state index in [1.165, 1.54) is 18.9 Å². The Balaban J connectivity index is 1.53. The second kappa shape index (κ2) is 6.69. The number of H-pyrrole nitrogens is 1. The van der Waals surface area contributed by atoms with Gasteiger partial charge in [-0.25, -0.2) is 4.98 Å². The molecule has 3 rings (SSSR count). The van der Waals surface area contributed by atoms with Gasteiger partial charge in [0.15, 0.2) is 0 Å². The van der Waals surface area contributed by atoms with Crippen molar-refractivity contribution in [3.05, 3.63) is 34.0 Å². The SMILES string of the molecule is Cc1cc(=O)[nH]c(NCCn2cc([C@@H]3CCCNC3)nn2)n1. The summed E-state index contributed by atoms with van der Waals surface area (Å²) in [5.74, 6) is 0.951. The van der Waals surface area contributed by atoms with Gasteiger partial charge < -0.3 is 10.6 Å². The molecule has 0 aliphatic carbocycles. The largest absolute Gasteiger partial charge is 0.354 e. The Hall–Kier alpha value is -2.22. The summed E-state index contributed by atoms with van der Waals surface area (Å²) in [6, 6.07) is 1.47. The molecule has 0 radical (unpaired) electrons. The minimum atomic E-state index is -0.150. The van der Waals surface area contributed by atoms with Gasteiger partial charge in [-0.1, -0.05) is 5.21 Å². The van der Waals surface area contributed by atoms with Crippen LogP contribution >= 0.6 is 0 Å². The van der Waals surface area contributed by atoms with Crippen molar-refractivity contribution in [3.8, 4) is 0 Å². The van der Waals surface area contributed by atoms with Crippen molar-refractivity contribution in [2.75, 3.05) is 25.0 Å². The highest BCUT2D eigenvalue weighted by atomic mass is 16.1. The first-order valence-electron chi connectivity index (χ1n) is 7.63. The number of aromatic nitrogens is 5. The van der Waals surface area contributed by atoms with Gasteiger partial charge in [0.25, 0.3) is 5.56 Å². The van der Waals surface area contributed by atoms with Gasteiger partial charge in [-0.2, -0.15) is 0 Å². The van der Waals surface area contributed by atoms with E-state index in [1.54, 1.807) is 6.92 Å². The number of nitrogens with one attached hydrogen (secondary N) is 3. The second-order valence-electron chi connectivity index (χ2n) is 5.61. The standard InChI is InChI=1S/C14H21N7O/c1-10-7-13(22)18-14(17-10)16-5-6-21-9-12(19-20-21)11-3-2-4-15-8-11/h7,9,11,15H,2-6,8H2,1H3,(H2,16,17,18,22)/t11-/m1/s1. The summed E-state index contributed by atoms with van der Waals surface area (Å²) in [6.45, 7) is 5.16. The van der Waals surface area contributed by atoms with E-state index >= 15 is 0 Å². The lowest BCUT2D eigenvalue weighted by atomic mass is 9.97. The average molecular weight is 303 g/mol. The summed E-state index contributed by atoms with van der Waals surface area (Å²) < 4.78 is 1.82. The summed E-state index contributed by atoms with van der Waals surface area (Å²) in [5, 5.41) is 14.9. The van der Waals surface area contributed by atoms with Crippen molar-refractivity contribution in [3.63, 3.8) is 0 Å². The van der Waals surface area contributed by atoms with Crippen LogP contribution in [0.1, 0.15) is 30.1 Å². The molecular weight excluding hydrogens is 282 g/mol. The molecule has 1 saturated heterocycles. The summed E-state index contributed by atoms with van der Waals surface area (Å²) in [7, 11) is 0. The van der Waals surface area contributed by atoms with E-state index in [9.17, 15) is 4.79 Å². The van der Waals surface area contributed by atoms with E-state index in [4.69, 9.17) is 0 Å². The Morgan fingerprint density at radius 3 is 3.18 bits per heavy atom. The lowest BCUT2D eigenvalue weighted by molar-refractivity contribution is 0.454. The summed E-state index contributed by atoms with van der Waals surface area (Å²) in [4.78, 5) is 18.2. The van der Waals surface area contributed by atoms with E-state index in [0.29, 0.717) is 30.6 Å². The zero-order valence-electron chi connectivity index (χ0n) is 12.7. The summed E-state index contributed by atoms with van der Waals surface area (Å²) >= 11 is 0. The minimum Gasteiger partial charge on any atom is -0.354 e. The highest BCUT2D eigenvalue weighted by Gasteiger charge is 2.18. The fourth-order valence-electron chi connectivity index (χ4n) is 2.67. The molecular formula is C14H21N7O. The number of aromatic amines is 1. The molecule has 1 aliphatic rings. The van der Waals surface area contributed by atoms with Gasteiger partial charge in [-0.05, 0) is 26.3 Å². The fraction of sp³-hybridized carbons (Fsp3) is 0.571. The maximum absolute atomic E-state index is 11.4. The third-order valence-corrected chi connectivity index (χ3v) is 3.77. The number of aryl methyl sites for hydroxylation is 1. The normalized spacial score (nSPS) is 18.3. The first kappa shape index (κ1) is 14.7. The molecule has 0 amide bonds. The first-order valence-corrected chi connectivity index (χ1v) is 7.63. The third kappa shape index (κ3) is 3.70. The molecule has 0 aromatic carbocycles. The van der Waals surface area contributed by atoms with Gasteiger partial charge in [0.1, 0.15) is 0 Å². The van der Waals surface area contributed by atoms with Crippen LogP contribution in [0, 0.1) is 6.92 Å². The minimum absolute atomic E-state index is 0.150. The van der Waals surface area contributed by atoms with E-state index in [-0.39, 0.29) is 5.56 Å². The molecule has 3 heterocycles. The molecule has 1 aliphatic heterocycles. The molecule has 3 N–H and O–H groups in total. The number of anilines is 1. The molecule has 1 fully saturated rings. The topological polar surface area (TPSA) is 101 Å². The predicted octanol–water partition coefficient (Wildman–Crippen LogP) is 0.249.